The van der Waals surface area contributed by atoms with Gasteiger partial charge in [-0.1, -0.05) is 6.07 Å². The maximum absolute atomic E-state index is 11.6. The van der Waals surface area contributed by atoms with E-state index in [1.807, 2.05) is 37.2 Å². The Balaban J connectivity index is 3.12. The van der Waals surface area contributed by atoms with Gasteiger partial charge >= 0.3 is 0 Å². The fraction of sp³-hybridized carbons (Fsp3) is 0.417. The first-order valence-corrected chi connectivity index (χ1v) is 5.77. The van der Waals surface area contributed by atoms with Crippen LogP contribution >= 0.6 is 15.9 Å². The molecule has 0 spiro atoms. The third kappa shape index (κ3) is 2.83. The number of rotatable bonds is 4. The maximum Gasteiger partial charge on any atom is 0.151 e. The van der Waals surface area contributed by atoms with Crippen LogP contribution in [-0.2, 0) is 4.79 Å². The summed E-state index contributed by atoms with van der Waals surface area (Å²) in [7, 11) is 5.41. The van der Waals surface area contributed by atoms with Crippen molar-refractivity contribution in [3.63, 3.8) is 0 Å². The lowest BCUT2D eigenvalue weighted by Gasteiger charge is -2.22. The summed E-state index contributed by atoms with van der Waals surface area (Å²) in [6, 6.07) is 5.49. The third-order valence-corrected chi connectivity index (χ3v) is 3.01. The van der Waals surface area contributed by atoms with Crippen LogP contribution < -0.4 is 4.74 Å². The van der Waals surface area contributed by atoms with Crippen molar-refractivity contribution in [3.8, 4) is 5.75 Å². The van der Waals surface area contributed by atoms with Gasteiger partial charge in [-0.05, 0) is 54.6 Å². The van der Waals surface area contributed by atoms with Crippen molar-refractivity contribution in [1.82, 2.24) is 4.90 Å². The molecule has 0 aliphatic carbocycles. The summed E-state index contributed by atoms with van der Waals surface area (Å²) < 4.78 is 6.02. The number of hydrogen-bond donors (Lipinski definition) is 0. The summed E-state index contributed by atoms with van der Waals surface area (Å²) in [5.74, 6) is 0.895. The van der Waals surface area contributed by atoms with E-state index in [1.165, 1.54) is 0 Å². The molecule has 0 N–H and O–H groups in total. The van der Waals surface area contributed by atoms with E-state index in [4.69, 9.17) is 4.74 Å². The average molecular weight is 286 g/mol. The third-order valence-electron chi connectivity index (χ3n) is 2.39. The molecule has 1 atom stereocenters. The molecule has 4 heteroatoms. The number of nitrogens with zero attached hydrogens (tertiary/aromatic N) is 1. The second-order valence-electron chi connectivity index (χ2n) is 3.87. The van der Waals surface area contributed by atoms with Crippen molar-refractivity contribution in [2.24, 2.45) is 0 Å². The Morgan fingerprint density at radius 1 is 1.44 bits per heavy atom. The van der Waals surface area contributed by atoms with Crippen LogP contribution in [0.5, 0.6) is 5.75 Å². The Hall–Kier alpha value is -0.870. The van der Waals surface area contributed by atoms with E-state index < -0.39 is 0 Å². The summed E-state index contributed by atoms with van der Waals surface area (Å²) >= 11 is 3.42. The lowest BCUT2D eigenvalue weighted by atomic mass is 10.0. The SMILES string of the molecule is COc1ccc(C(C(C)=O)N(C)C)cc1Br. The number of ether oxygens (including phenoxy) is 1. The molecule has 1 unspecified atom stereocenters. The van der Waals surface area contributed by atoms with Gasteiger partial charge in [-0.3, -0.25) is 9.69 Å². The van der Waals surface area contributed by atoms with Crippen molar-refractivity contribution >= 4 is 21.7 Å². The molecule has 0 aliphatic rings. The molecule has 0 aromatic heterocycles. The normalized spacial score (nSPS) is 12.6. The number of hydrogen-bond acceptors (Lipinski definition) is 3. The smallest absolute Gasteiger partial charge is 0.151 e. The van der Waals surface area contributed by atoms with E-state index in [1.54, 1.807) is 14.0 Å². The van der Waals surface area contributed by atoms with Gasteiger partial charge in [0.25, 0.3) is 0 Å². The topological polar surface area (TPSA) is 29.5 Å². The maximum atomic E-state index is 11.6. The van der Waals surface area contributed by atoms with Gasteiger partial charge in [0.1, 0.15) is 5.75 Å². The second-order valence-corrected chi connectivity index (χ2v) is 4.73. The second kappa shape index (κ2) is 5.46. The summed E-state index contributed by atoms with van der Waals surface area (Å²) in [5.41, 5.74) is 0.963. The van der Waals surface area contributed by atoms with Crippen LogP contribution in [0, 0.1) is 0 Å². The van der Waals surface area contributed by atoms with Crippen molar-refractivity contribution in [3.05, 3.63) is 28.2 Å². The largest absolute Gasteiger partial charge is 0.496 e. The van der Waals surface area contributed by atoms with Gasteiger partial charge in [-0.15, -0.1) is 0 Å². The zero-order valence-electron chi connectivity index (χ0n) is 9.95. The fourth-order valence-corrected chi connectivity index (χ4v) is 2.31. The quantitative estimate of drug-likeness (QED) is 0.852. The first kappa shape index (κ1) is 13.2. The molecule has 1 rings (SSSR count). The number of carbonyl (C=O) groups excluding carboxylic acids is 1. The monoisotopic (exact) mass is 285 g/mol. The van der Waals surface area contributed by atoms with Gasteiger partial charge in [-0.2, -0.15) is 0 Å². The van der Waals surface area contributed by atoms with E-state index in [2.05, 4.69) is 15.9 Å². The molecule has 1 aromatic carbocycles. The van der Waals surface area contributed by atoms with Crippen LogP contribution in [-0.4, -0.2) is 31.9 Å². The highest BCUT2D eigenvalue weighted by molar-refractivity contribution is 9.10. The van der Waals surface area contributed by atoms with Gasteiger partial charge in [0, 0.05) is 0 Å². The molecule has 16 heavy (non-hydrogen) atoms. The van der Waals surface area contributed by atoms with Crippen LogP contribution in [0.3, 0.4) is 0 Å². The number of halogens is 1. The van der Waals surface area contributed by atoms with Crippen LogP contribution in [0.15, 0.2) is 22.7 Å². The highest BCUT2D eigenvalue weighted by Gasteiger charge is 2.19. The molecule has 0 bridgehead atoms. The van der Waals surface area contributed by atoms with Crippen molar-refractivity contribution in [2.75, 3.05) is 21.2 Å². The Morgan fingerprint density at radius 3 is 2.44 bits per heavy atom. The highest BCUT2D eigenvalue weighted by atomic mass is 79.9. The van der Waals surface area contributed by atoms with E-state index in [0.29, 0.717) is 0 Å². The Bertz CT molecular complexity index is 391. The van der Waals surface area contributed by atoms with E-state index in [0.717, 1.165) is 15.8 Å². The molecule has 1 aromatic rings. The molecule has 0 fully saturated rings. The summed E-state index contributed by atoms with van der Waals surface area (Å²) in [5, 5.41) is 0. The van der Waals surface area contributed by atoms with Gasteiger partial charge in [0.2, 0.25) is 0 Å². The minimum absolute atomic E-state index is 0.127. The summed E-state index contributed by atoms with van der Waals surface area (Å²) in [6.07, 6.45) is 0. The zero-order valence-corrected chi connectivity index (χ0v) is 11.5. The van der Waals surface area contributed by atoms with Crippen LogP contribution in [0.2, 0.25) is 0 Å². The number of Topliss-reactive ketones (excluding diaryl/α,β-unsaturated/α-hetero) is 1. The molecular formula is C12H16BrNO2. The van der Waals surface area contributed by atoms with Gasteiger partial charge in [0.05, 0.1) is 17.6 Å². The molecule has 0 aliphatic heterocycles. The lowest BCUT2D eigenvalue weighted by molar-refractivity contribution is -0.121. The van der Waals surface area contributed by atoms with Gasteiger partial charge in [-0.25, -0.2) is 0 Å². The highest BCUT2D eigenvalue weighted by Crippen LogP contribution is 2.29. The van der Waals surface area contributed by atoms with Crippen molar-refractivity contribution in [1.29, 1.82) is 0 Å². The lowest BCUT2D eigenvalue weighted by Crippen LogP contribution is -2.25. The Labute approximate surface area is 105 Å². The average Bonchev–Trinajstić information content (AvgIpc) is 2.16. The first-order chi connectivity index (χ1) is 7.47. The molecule has 3 nitrogen and oxygen atoms in total. The predicted molar refractivity (Wildman–Crippen MR) is 67.8 cm³/mol. The molecule has 0 saturated carbocycles. The van der Waals surface area contributed by atoms with E-state index in [-0.39, 0.29) is 11.8 Å². The van der Waals surface area contributed by atoms with E-state index in [9.17, 15) is 4.79 Å². The van der Waals surface area contributed by atoms with Crippen molar-refractivity contribution in [2.45, 2.75) is 13.0 Å². The Morgan fingerprint density at radius 2 is 2.06 bits per heavy atom. The first-order valence-electron chi connectivity index (χ1n) is 4.97. The van der Waals surface area contributed by atoms with E-state index >= 15 is 0 Å². The zero-order chi connectivity index (χ0) is 12.3. The van der Waals surface area contributed by atoms with Crippen LogP contribution in [0.1, 0.15) is 18.5 Å². The van der Waals surface area contributed by atoms with Crippen molar-refractivity contribution < 1.29 is 9.53 Å². The molecule has 0 heterocycles. The number of benzene rings is 1. The number of carbonyl (C=O) groups is 1. The van der Waals surface area contributed by atoms with Gasteiger partial charge in [0.15, 0.2) is 5.78 Å². The number of ketones is 1. The minimum Gasteiger partial charge on any atom is -0.496 e. The molecule has 0 amide bonds. The Kier molecular flexibility index (Phi) is 4.50. The molecule has 88 valence electrons. The van der Waals surface area contributed by atoms with Crippen LogP contribution in [0.4, 0.5) is 0 Å². The predicted octanol–water partition coefficient (Wildman–Crippen LogP) is 2.65. The molecule has 0 radical (unpaired) electrons. The summed E-state index contributed by atoms with van der Waals surface area (Å²) in [6.45, 7) is 1.60. The minimum atomic E-state index is -0.206. The fourth-order valence-electron chi connectivity index (χ4n) is 1.75. The van der Waals surface area contributed by atoms with Crippen LogP contribution in [0.25, 0.3) is 0 Å². The number of likely N-dealkylation sites (N-methyl/N-ethyl adjacent to an activating group) is 1. The molecular weight excluding hydrogens is 270 g/mol. The molecule has 0 saturated heterocycles. The summed E-state index contributed by atoms with van der Waals surface area (Å²) in [4.78, 5) is 13.5. The van der Waals surface area contributed by atoms with Gasteiger partial charge < -0.3 is 4.74 Å². The number of methoxy groups -OCH3 is 1. The standard InChI is InChI=1S/C12H16BrNO2/c1-8(15)12(14(2)3)9-5-6-11(16-4)10(13)7-9/h5-7,12H,1-4H3.